The van der Waals surface area contributed by atoms with Gasteiger partial charge in [-0.15, -0.1) is 0 Å². The molecule has 146 valence electrons. The van der Waals surface area contributed by atoms with E-state index in [1.165, 1.54) is 25.9 Å². The van der Waals surface area contributed by atoms with E-state index in [-0.39, 0.29) is 0 Å². The standard InChI is InChI=1S/C20H34N4O2/c1-17-6-4-13-24(16-17)14-5-11-22-20(21-2)23-12-15-26-19-9-7-18(25-3)8-10-19/h7-10,17H,4-6,11-16H2,1-3H3,(H2,21,22,23). The fourth-order valence-electron chi connectivity index (χ4n) is 3.23. The lowest BCUT2D eigenvalue weighted by molar-refractivity contribution is 0.182. The van der Waals surface area contributed by atoms with Gasteiger partial charge >= 0.3 is 0 Å². The fourth-order valence-corrected chi connectivity index (χ4v) is 3.23. The predicted molar refractivity (Wildman–Crippen MR) is 107 cm³/mol. The van der Waals surface area contributed by atoms with E-state index in [4.69, 9.17) is 9.47 Å². The number of hydrogen-bond acceptors (Lipinski definition) is 4. The molecule has 1 aliphatic rings. The van der Waals surface area contributed by atoms with Gasteiger partial charge in [0, 0.05) is 20.1 Å². The van der Waals surface area contributed by atoms with Crippen LogP contribution in [-0.2, 0) is 0 Å². The molecule has 1 atom stereocenters. The van der Waals surface area contributed by atoms with Crippen molar-refractivity contribution in [3.63, 3.8) is 0 Å². The zero-order chi connectivity index (χ0) is 18.6. The fraction of sp³-hybridized carbons (Fsp3) is 0.650. The van der Waals surface area contributed by atoms with Crippen LogP contribution >= 0.6 is 0 Å². The zero-order valence-electron chi connectivity index (χ0n) is 16.5. The van der Waals surface area contributed by atoms with Gasteiger partial charge in [-0.2, -0.15) is 0 Å². The van der Waals surface area contributed by atoms with E-state index in [9.17, 15) is 0 Å². The molecular weight excluding hydrogens is 328 g/mol. The highest BCUT2D eigenvalue weighted by molar-refractivity contribution is 5.79. The summed E-state index contributed by atoms with van der Waals surface area (Å²) in [4.78, 5) is 6.84. The van der Waals surface area contributed by atoms with Crippen molar-refractivity contribution in [1.29, 1.82) is 0 Å². The number of nitrogens with zero attached hydrogens (tertiary/aromatic N) is 2. The number of aliphatic imine (C=N–C) groups is 1. The Morgan fingerprint density at radius 2 is 1.92 bits per heavy atom. The Labute approximate surface area is 158 Å². The van der Waals surface area contributed by atoms with Crippen molar-refractivity contribution >= 4 is 5.96 Å². The number of methoxy groups -OCH3 is 1. The first-order valence-corrected chi connectivity index (χ1v) is 9.65. The topological polar surface area (TPSA) is 58.1 Å². The van der Waals surface area contributed by atoms with E-state index in [1.807, 2.05) is 24.3 Å². The molecule has 1 unspecified atom stereocenters. The molecule has 2 rings (SSSR count). The number of ether oxygens (including phenoxy) is 2. The first-order valence-electron chi connectivity index (χ1n) is 9.65. The first kappa shape index (κ1) is 20.4. The molecule has 1 aromatic rings. The lowest BCUT2D eigenvalue weighted by Crippen LogP contribution is -2.41. The number of hydrogen-bond donors (Lipinski definition) is 2. The summed E-state index contributed by atoms with van der Waals surface area (Å²) < 4.78 is 10.8. The molecule has 1 saturated heterocycles. The SMILES string of the molecule is CN=C(NCCCN1CCCC(C)C1)NCCOc1ccc(OC)cc1. The number of benzene rings is 1. The van der Waals surface area contributed by atoms with Gasteiger partial charge in [-0.3, -0.25) is 4.99 Å². The summed E-state index contributed by atoms with van der Waals surface area (Å²) in [5.74, 6) is 3.34. The number of piperidine rings is 1. The van der Waals surface area contributed by atoms with Gasteiger partial charge in [0.15, 0.2) is 5.96 Å². The van der Waals surface area contributed by atoms with E-state index < -0.39 is 0 Å². The van der Waals surface area contributed by atoms with Crippen LogP contribution in [0.2, 0.25) is 0 Å². The largest absolute Gasteiger partial charge is 0.497 e. The maximum absolute atomic E-state index is 5.71. The minimum atomic E-state index is 0.582. The Bertz CT molecular complexity index is 533. The van der Waals surface area contributed by atoms with Crippen LogP contribution in [0.15, 0.2) is 29.3 Å². The average Bonchev–Trinajstić information content (AvgIpc) is 2.67. The molecule has 0 aromatic heterocycles. The molecular formula is C20H34N4O2. The number of guanidine groups is 1. The summed E-state index contributed by atoms with van der Waals surface area (Å²) in [5.41, 5.74) is 0. The van der Waals surface area contributed by atoms with Crippen LogP contribution in [0.1, 0.15) is 26.2 Å². The Balaban J connectivity index is 1.54. The number of rotatable bonds is 9. The second kappa shape index (κ2) is 11.6. The molecule has 1 heterocycles. The molecule has 0 bridgehead atoms. The Morgan fingerprint density at radius 1 is 1.19 bits per heavy atom. The minimum Gasteiger partial charge on any atom is -0.497 e. The van der Waals surface area contributed by atoms with Crippen LogP contribution in [0.4, 0.5) is 0 Å². The van der Waals surface area contributed by atoms with E-state index in [0.717, 1.165) is 42.9 Å². The molecule has 1 aliphatic heterocycles. The predicted octanol–water partition coefficient (Wildman–Crippen LogP) is 2.36. The molecule has 2 N–H and O–H groups in total. The van der Waals surface area contributed by atoms with Gasteiger partial charge in [-0.25, -0.2) is 0 Å². The lowest BCUT2D eigenvalue weighted by atomic mass is 10.0. The Morgan fingerprint density at radius 3 is 2.62 bits per heavy atom. The van der Waals surface area contributed by atoms with Crippen LogP contribution in [-0.4, -0.2) is 64.3 Å². The highest BCUT2D eigenvalue weighted by Gasteiger charge is 2.15. The van der Waals surface area contributed by atoms with Gasteiger partial charge in [0.25, 0.3) is 0 Å². The number of nitrogens with one attached hydrogen (secondary N) is 2. The lowest BCUT2D eigenvalue weighted by Gasteiger charge is -2.30. The average molecular weight is 363 g/mol. The van der Waals surface area contributed by atoms with Crippen molar-refractivity contribution in [1.82, 2.24) is 15.5 Å². The molecule has 6 heteroatoms. The van der Waals surface area contributed by atoms with Gasteiger partial charge in [-0.1, -0.05) is 6.92 Å². The van der Waals surface area contributed by atoms with Crippen molar-refractivity contribution in [2.24, 2.45) is 10.9 Å². The van der Waals surface area contributed by atoms with E-state index in [1.54, 1.807) is 14.2 Å². The summed E-state index contributed by atoms with van der Waals surface area (Å²) >= 11 is 0. The quantitative estimate of drug-likeness (QED) is 0.401. The molecule has 26 heavy (non-hydrogen) atoms. The molecule has 0 amide bonds. The molecule has 0 radical (unpaired) electrons. The monoisotopic (exact) mass is 362 g/mol. The number of likely N-dealkylation sites (tertiary alicyclic amines) is 1. The molecule has 1 fully saturated rings. The van der Waals surface area contributed by atoms with Gasteiger partial charge in [0.05, 0.1) is 13.7 Å². The summed E-state index contributed by atoms with van der Waals surface area (Å²) in [7, 11) is 3.46. The minimum absolute atomic E-state index is 0.582. The second-order valence-corrected chi connectivity index (χ2v) is 6.85. The van der Waals surface area contributed by atoms with Crippen LogP contribution < -0.4 is 20.1 Å². The van der Waals surface area contributed by atoms with E-state index >= 15 is 0 Å². The Hall–Kier alpha value is -1.95. The summed E-state index contributed by atoms with van der Waals surface area (Å²) in [6.07, 6.45) is 3.85. The third kappa shape index (κ3) is 7.52. The van der Waals surface area contributed by atoms with Gasteiger partial charge in [-0.05, 0) is 62.5 Å². The first-order chi connectivity index (χ1) is 12.7. The van der Waals surface area contributed by atoms with Crippen molar-refractivity contribution < 1.29 is 9.47 Å². The van der Waals surface area contributed by atoms with Crippen molar-refractivity contribution in [2.75, 3.05) is 53.5 Å². The molecule has 0 saturated carbocycles. The Kier molecular flexibility index (Phi) is 9.10. The highest BCUT2D eigenvalue weighted by Crippen LogP contribution is 2.16. The third-order valence-corrected chi connectivity index (χ3v) is 4.63. The zero-order valence-corrected chi connectivity index (χ0v) is 16.5. The van der Waals surface area contributed by atoms with Crippen molar-refractivity contribution in [2.45, 2.75) is 26.2 Å². The highest BCUT2D eigenvalue weighted by atomic mass is 16.5. The van der Waals surface area contributed by atoms with Crippen molar-refractivity contribution in [3.05, 3.63) is 24.3 Å². The smallest absolute Gasteiger partial charge is 0.191 e. The summed E-state index contributed by atoms with van der Waals surface area (Å²) in [6, 6.07) is 7.61. The molecule has 6 nitrogen and oxygen atoms in total. The van der Waals surface area contributed by atoms with Gasteiger partial charge < -0.3 is 25.0 Å². The van der Waals surface area contributed by atoms with Gasteiger partial charge in [0.2, 0.25) is 0 Å². The molecule has 1 aromatic carbocycles. The van der Waals surface area contributed by atoms with Gasteiger partial charge in [0.1, 0.15) is 18.1 Å². The molecule has 0 aliphatic carbocycles. The van der Waals surface area contributed by atoms with Crippen LogP contribution in [0.3, 0.4) is 0 Å². The maximum atomic E-state index is 5.71. The maximum Gasteiger partial charge on any atom is 0.191 e. The van der Waals surface area contributed by atoms with Crippen molar-refractivity contribution in [3.8, 4) is 11.5 Å². The molecule has 0 spiro atoms. The van der Waals surface area contributed by atoms with Crippen LogP contribution in [0.5, 0.6) is 11.5 Å². The summed E-state index contributed by atoms with van der Waals surface area (Å²) in [6.45, 7) is 8.23. The normalized spacial score (nSPS) is 18.4. The summed E-state index contributed by atoms with van der Waals surface area (Å²) in [5, 5.41) is 6.66. The van der Waals surface area contributed by atoms with E-state index in [2.05, 4.69) is 27.4 Å². The van der Waals surface area contributed by atoms with E-state index in [0.29, 0.717) is 13.2 Å². The van der Waals surface area contributed by atoms with Crippen LogP contribution in [0, 0.1) is 5.92 Å². The second-order valence-electron chi connectivity index (χ2n) is 6.85. The third-order valence-electron chi connectivity index (χ3n) is 4.63. The van der Waals surface area contributed by atoms with Crippen LogP contribution in [0.25, 0.3) is 0 Å².